The molecule has 2 heterocycles. The summed E-state index contributed by atoms with van der Waals surface area (Å²) in [5.74, 6) is 1.11. The van der Waals surface area contributed by atoms with Crippen LogP contribution in [-0.4, -0.2) is 51.6 Å². The van der Waals surface area contributed by atoms with Gasteiger partial charge in [-0.1, -0.05) is 12.1 Å². The Bertz CT molecular complexity index is 941. The highest BCUT2D eigenvalue weighted by Gasteiger charge is 2.17. The van der Waals surface area contributed by atoms with Gasteiger partial charge in [0.05, 0.1) is 18.7 Å². The van der Waals surface area contributed by atoms with Crippen molar-refractivity contribution in [1.82, 2.24) is 14.5 Å². The maximum atomic E-state index is 9.35. The van der Waals surface area contributed by atoms with Crippen LogP contribution in [0.25, 0.3) is 11.0 Å². The van der Waals surface area contributed by atoms with Crippen LogP contribution >= 0.6 is 0 Å². The van der Waals surface area contributed by atoms with Crippen LogP contribution in [0.15, 0.2) is 41.9 Å². The van der Waals surface area contributed by atoms with Gasteiger partial charge in [0, 0.05) is 25.3 Å². The Morgan fingerprint density at radius 2 is 2.12 bits per heavy atom. The van der Waals surface area contributed by atoms with E-state index in [-0.39, 0.29) is 0 Å². The van der Waals surface area contributed by atoms with E-state index in [0.717, 1.165) is 22.4 Å². The highest BCUT2D eigenvalue weighted by molar-refractivity contribution is 6.59. The number of hydrogen-bond acceptors (Lipinski definition) is 7. The number of ether oxygens (including phenoxy) is 1. The standard InChI is InChI=1S/C17H20BN5O3/c1-4-23(17-13-7-8-22(2)16(13)19-11-20-17)21-10-12-5-6-14(18(24)25)15(9-12)26-3/h5-11,24-25H,4H2,1-3H3/b21-10+. The Balaban J connectivity index is 1.92. The number of hydrogen-bond donors (Lipinski definition) is 2. The van der Waals surface area contributed by atoms with Crippen molar-refractivity contribution >= 4 is 35.6 Å². The molecule has 9 heteroatoms. The maximum absolute atomic E-state index is 9.35. The van der Waals surface area contributed by atoms with Crippen molar-refractivity contribution in [1.29, 1.82) is 0 Å². The normalized spacial score (nSPS) is 11.3. The largest absolute Gasteiger partial charge is 0.497 e. The van der Waals surface area contributed by atoms with Gasteiger partial charge in [-0.25, -0.2) is 15.0 Å². The summed E-state index contributed by atoms with van der Waals surface area (Å²) in [6.07, 6.45) is 5.14. The smallest absolute Gasteiger partial charge is 0.492 e. The third-order valence-corrected chi connectivity index (χ3v) is 4.07. The van der Waals surface area contributed by atoms with Gasteiger partial charge in [-0.3, -0.25) is 0 Å². The molecule has 0 amide bonds. The van der Waals surface area contributed by atoms with E-state index in [9.17, 15) is 10.0 Å². The van der Waals surface area contributed by atoms with Gasteiger partial charge in [-0.05, 0) is 24.6 Å². The van der Waals surface area contributed by atoms with Crippen molar-refractivity contribution in [3.8, 4) is 5.75 Å². The molecule has 0 atom stereocenters. The first-order chi connectivity index (χ1) is 12.5. The fourth-order valence-electron chi connectivity index (χ4n) is 2.71. The minimum Gasteiger partial charge on any atom is -0.497 e. The molecule has 2 aromatic heterocycles. The van der Waals surface area contributed by atoms with E-state index in [1.807, 2.05) is 30.8 Å². The zero-order chi connectivity index (χ0) is 18.7. The van der Waals surface area contributed by atoms with Gasteiger partial charge < -0.3 is 19.4 Å². The van der Waals surface area contributed by atoms with Crippen LogP contribution in [0.2, 0.25) is 0 Å². The average molecular weight is 353 g/mol. The van der Waals surface area contributed by atoms with Gasteiger partial charge in [0.2, 0.25) is 0 Å². The quantitative estimate of drug-likeness (QED) is 0.381. The summed E-state index contributed by atoms with van der Waals surface area (Å²) in [5, 5.41) is 25.9. The minimum atomic E-state index is -1.59. The molecule has 0 unspecified atom stereocenters. The van der Waals surface area contributed by atoms with Crippen molar-refractivity contribution in [2.45, 2.75) is 6.92 Å². The molecular weight excluding hydrogens is 333 g/mol. The maximum Gasteiger partial charge on any atom is 0.492 e. The van der Waals surface area contributed by atoms with Gasteiger partial charge >= 0.3 is 7.12 Å². The van der Waals surface area contributed by atoms with E-state index in [1.165, 1.54) is 13.4 Å². The lowest BCUT2D eigenvalue weighted by Crippen LogP contribution is -2.31. The molecule has 0 saturated heterocycles. The molecule has 134 valence electrons. The fourth-order valence-corrected chi connectivity index (χ4v) is 2.71. The second-order valence-corrected chi connectivity index (χ2v) is 5.70. The number of nitrogens with zero attached hydrogens (tertiary/aromatic N) is 5. The first kappa shape index (κ1) is 17.9. The Morgan fingerprint density at radius 3 is 2.81 bits per heavy atom. The van der Waals surface area contributed by atoms with Gasteiger partial charge in [0.1, 0.15) is 17.7 Å². The first-order valence-corrected chi connectivity index (χ1v) is 8.16. The predicted octanol–water partition coefficient (Wildman–Crippen LogP) is 0.517. The van der Waals surface area contributed by atoms with Crippen molar-refractivity contribution in [2.24, 2.45) is 12.1 Å². The Labute approximate surface area is 151 Å². The number of aromatic nitrogens is 3. The molecule has 3 aromatic rings. The van der Waals surface area contributed by atoms with Crippen LogP contribution < -0.4 is 15.2 Å². The first-order valence-electron chi connectivity index (χ1n) is 8.16. The van der Waals surface area contributed by atoms with E-state index in [1.54, 1.807) is 29.4 Å². The molecule has 0 aliphatic rings. The van der Waals surface area contributed by atoms with Crippen LogP contribution in [0.4, 0.5) is 5.82 Å². The summed E-state index contributed by atoms with van der Waals surface area (Å²) in [4.78, 5) is 8.67. The number of hydrazone groups is 1. The minimum absolute atomic E-state index is 0.304. The van der Waals surface area contributed by atoms with Crippen molar-refractivity contribution in [2.75, 3.05) is 18.7 Å². The number of aryl methyl sites for hydroxylation is 1. The lowest BCUT2D eigenvalue weighted by molar-refractivity contribution is 0.403. The number of fused-ring (bicyclic) bond motifs is 1. The second-order valence-electron chi connectivity index (χ2n) is 5.70. The molecule has 0 aliphatic heterocycles. The van der Waals surface area contributed by atoms with Gasteiger partial charge in [0.15, 0.2) is 5.82 Å². The molecule has 2 N–H and O–H groups in total. The third kappa shape index (κ3) is 3.39. The van der Waals surface area contributed by atoms with Crippen LogP contribution in [0.1, 0.15) is 12.5 Å². The van der Waals surface area contributed by atoms with E-state index in [4.69, 9.17) is 4.74 Å². The predicted molar refractivity (Wildman–Crippen MR) is 102 cm³/mol. The topological polar surface area (TPSA) is 96.0 Å². The number of anilines is 1. The summed E-state index contributed by atoms with van der Waals surface area (Å²) in [7, 11) is 1.82. The molecule has 0 fully saturated rings. The fraction of sp³-hybridized carbons (Fsp3) is 0.235. The van der Waals surface area contributed by atoms with Crippen LogP contribution in [0.3, 0.4) is 0 Å². The van der Waals surface area contributed by atoms with E-state index in [2.05, 4.69) is 15.1 Å². The van der Waals surface area contributed by atoms with Crippen molar-refractivity contribution in [3.63, 3.8) is 0 Å². The summed E-state index contributed by atoms with van der Waals surface area (Å²) < 4.78 is 7.14. The molecule has 26 heavy (non-hydrogen) atoms. The molecule has 0 radical (unpaired) electrons. The summed E-state index contributed by atoms with van der Waals surface area (Å²) in [5.41, 5.74) is 1.91. The van der Waals surface area contributed by atoms with Crippen molar-refractivity contribution < 1.29 is 14.8 Å². The van der Waals surface area contributed by atoms with Crippen LogP contribution in [-0.2, 0) is 7.05 Å². The third-order valence-electron chi connectivity index (χ3n) is 4.07. The highest BCUT2D eigenvalue weighted by Crippen LogP contribution is 2.23. The van der Waals surface area contributed by atoms with Gasteiger partial charge in [0.25, 0.3) is 0 Å². The Morgan fingerprint density at radius 1 is 1.31 bits per heavy atom. The van der Waals surface area contributed by atoms with Gasteiger partial charge in [-0.15, -0.1) is 0 Å². The monoisotopic (exact) mass is 353 g/mol. The molecule has 8 nitrogen and oxygen atoms in total. The molecule has 0 bridgehead atoms. The molecule has 1 aromatic carbocycles. The Kier molecular flexibility index (Phi) is 5.20. The SMILES string of the molecule is CCN(/N=C/c1ccc(B(O)O)c(OC)c1)c1ncnc2c1ccn2C. The number of methoxy groups -OCH3 is 1. The summed E-state index contributed by atoms with van der Waals surface area (Å²) in [6.45, 7) is 2.61. The highest BCUT2D eigenvalue weighted by atomic mass is 16.5. The molecule has 0 spiro atoms. The lowest BCUT2D eigenvalue weighted by Gasteiger charge is -2.16. The zero-order valence-corrected chi connectivity index (χ0v) is 14.9. The number of benzene rings is 1. The molecule has 0 saturated carbocycles. The zero-order valence-electron chi connectivity index (χ0n) is 14.9. The van der Waals surface area contributed by atoms with Gasteiger partial charge in [-0.2, -0.15) is 5.10 Å². The summed E-state index contributed by atoms with van der Waals surface area (Å²) >= 11 is 0. The number of rotatable bonds is 6. The lowest BCUT2D eigenvalue weighted by atomic mass is 9.79. The Hall–Kier alpha value is -2.91. The van der Waals surface area contributed by atoms with Crippen molar-refractivity contribution in [3.05, 3.63) is 42.4 Å². The second kappa shape index (κ2) is 7.55. The molecular formula is C17H20BN5O3. The van der Waals surface area contributed by atoms with E-state index < -0.39 is 7.12 Å². The van der Waals surface area contributed by atoms with Crippen LogP contribution in [0, 0.1) is 0 Å². The average Bonchev–Trinajstić information content (AvgIpc) is 3.03. The molecule has 3 rings (SSSR count). The molecule has 0 aliphatic carbocycles. The van der Waals surface area contributed by atoms with Crippen LogP contribution in [0.5, 0.6) is 5.75 Å². The van der Waals surface area contributed by atoms with E-state index in [0.29, 0.717) is 17.8 Å². The summed E-state index contributed by atoms with van der Waals surface area (Å²) in [6, 6.07) is 7.00. The van der Waals surface area contributed by atoms with E-state index >= 15 is 0 Å².